The molecule has 0 aromatic rings. The Hall–Kier alpha value is -0.380. The predicted octanol–water partition coefficient (Wildman–Crippen LogP) is 4.73. The van der Waals surface area contributed by atoms with Crippen molar-refractivity contribution in [2.24, 2.45) is 0 Å². The predicted molar refractivity (Wildman–Crippen MR) is 48.3 cm³/mol. The highest BCUT2D eigenvalue weighted by atomic mass is 35.5. The summed E-state index contributed by atoms with van der Waals surface area (Å²) in [7, 11) is 0. The highest BCUT2D eigenvalue weighted by molar-refractivity contribution is 6.29. The van der Waals surface area contributed by atoms with Gasteiger partial charge in [0.25, 0.3) is 0 Å². The first-order chi connectivity index (χ1) is 9.79. The van der Waals surface area contributed by atoms with E-state index in [4.69, 9.17) is 0 Å². The third kappa shape index (κ3) is 6.56. The normalized spacial score (nSPS) is 17.7. The Balaban J connectivity index is 5.46. The average molecular weight is 417 g/mol. The van der Waals surface area contributed by atoms with Crippen LogP contribution in [0.2, 0.25) is 0 Å². The van der Waals surface area contributed by atoms with Crippen LogP contribution in [0.5, 0.6) is 0 Å². The molecule has 0 aliphatic carbocycles. The third-order valence-corrected chi connectivity index (χ3v) is 2.55. The van der Waals surface area contributed by atoms with Gasteiger partial charge in [-0.05, 0) is 0 Å². The van der Waals surface area contributed by atoms with Gasteiger partial charge in [-0.25, -0.2) is 0 Å². The molecule has 0 N–H and O–H groups in total. The summed E-state index contributed by atoms with van der Waals surface area (Å²) in [6, 6.07) is 0. The zero-order valence-electron chi connectivity index (χ0n) is 9.75. The van der Waals surface area contributed by atoms with E-state index in [1.165, 1.54) is 0 Å². The van der Waals surface area contributed by atoms with Crippen molar-refractivity contribution in [2.75, 3.05) is 0 Å². The zero-order valence-corrected chi connectivity index (χ0v) is 11.3. The van der Waals surface area contributed by atoms with E-state index >= 15 is 0 Å². The Morgan fingerprint density at radius 2 is 0.913 bits per heavy atom. The van der Waals surface area contributed by atoms with E-state index in [2.05, 4.69) is 28.0 Å². The summed E-state index contributed by atoms with van der Waals surface area (Å²) < 4.78 is 145. The molecule has 17 heteroatoms. The van der Waals surface area contributed by atoms with Gasteiger partial charge in [0.15, 0.2) is 5.56 Å². The molecule has 0 aliphatic rings. The first-order valence-corrected chi connectivity index (χ1v) is 5.48. The number of hydrogen-bond acceptors (Lipinski definition) is 3. The maximum absolute atomic E-state index is 12.2. The van der Waals surface area contributed by atoms with E-state index in [9.17, 15) is 52.7 Å². The van der Waals surface area contributed by atoms with Crippen molar-refractivity contribution in [3.63, 3.8) is 0 Å². The van der Waals surface area contributed by atoms with Gasteiger partial charge in [0.1, 0.15) is 5.50 Å². The van der Waals surface area contributed by atoms with Crippen LogP contribution < -0.4 is 0 Å². The molecule has 0 aromatic heterocycles. The molecule has 3 nitrogen and oxygen atoms in total. The van der Waals surface area contributed by atoms with Gasteiger partial charge < -0.3 is 0 Å². The number of alkyl halides is 14. The lowest BCUT2D eigenvalue weighted by Gasteiger charge is -2.34. The molecule has 2 atom stereocenters. The van der Waals surface area contributed by atoms with Crippen LogP contribution >= 0.6 is 23.2 Å². The van der Waals surface area contributed by atoms with Crippen molar-refractivity contribution >= 4 is 23.2 Å². The summed E-state index contributed by atoms with van der Waals surface area (Å²) in [4.78, 5) is 0.350. The van der Waals surface area contributed by atoms with E-state index in [0.29, 0.717) is 0 Å². The molecule has 0 rings (SSSR count). The first-order valence-electron chi connectivity index (χ1n) is 4.61. The Morgan fingerprint density at radius 3 is 1.13 bits per heavy atom. The summed E-state index contributed by atoms with van der Waals surface area (Å²) in [5, 5.41) is -2.79. The second kappa shape index (κ2) is 6.85. The van der Waals surface area contributed by atoms with Gasteiger partial charge in [-0.1, -0.05) is 11.6 Å². The fraction of sp³-hybridized carbons (Fsp3) is 1.00. The molecule has 0 aromatic carbocycles. The molecule has 0 aliphatic heterocycles. The molecular formula is C6H2Cl2F12N2O. The Bertz CT molecular complexity index is 361. The fourth-order valence-corrected chi connectivity index (χ4v) is 1.41. The van der Waals surface area contributed by atoms with E-state index in [1.807, 2.05) is 0 Å². The second-order valence-corrected chi connectivity index (χ2v) is 4.24. The highest BCUT2D eigenvalue weighted by Crippen LogP contribution is 2.41. The Labute approximate surface area is 128 Å². The zero-order chi connectivity index (χ0) is 19.0. The minimum atomic E-state index is -6.37. The number of rotatable bonds is 4. The summed E-state index contributed by atoms with van der Waals surface area (Å²) in [5.41, 5.74) is -7.24. The van der Waals surface area contributed by atoms with Gasteiger partial charge in [0.05, 0.1) is 0 Å². The van der Waals surface area contributed by atoms with Crippen LogP contribution in [0.25, 0.3) is 0 Å². The van der Waals surface area contributed by atoms with Crippen LogP contribution in [0.3, 0.4) is 0 Å². The van der Waals surface area contributed by atoms with Gasteiger partial charge >= 0.3 is 25.2 Å². The lowest BCUT2D eigenvalue weighted by atomic mass is 10.5. The molecule has 0 saturated heterocycles. The molecule has 0 radical (unpaired) electrons. The van der Waals surface area contributed by atoms with Crippen molar-refractivity contribution < 1.29 is 57.5 Å². The van der Waals surface area contributed by atoms with Gasteiger partial charge in [0, 0.05) is 5.06 Å². The topological polar surface area (TPSA) is 15.7 Å². The maximum atomic E-state index is 12.2. The first kappa shape index (κ1) is 22.6. The summed E-state index contributed by atoms with van der Waals surface area (Å²) in [5.74, 6) is 0. The van der Waals surface area contributed by atoms with Crippen LogP contribution in [0.1, 0.15) is 0 Å². The molecule has 23 heavy (non-hydrogen) atoms. The Kier molecular flexibility index (Phi) is 6.74. The monoisotopic (exact) mass is 416 g/mol. The number of hydrogen-bond donors (Lipinski definition) is 0. The number of hydroxylamine groups is 2. The average Bonchev–Trinajstić information content (AvgIpc) is 2.17. The quantitative estimate of drug-likeness (QED) is 0.285. The maximum Gasteiger partial charge on any atom is 0.490 e. The van der Waals surface area contributed by atoms with Crippen LogP contribution in [0.15, 0.2) is 0 Å². The lowest BCUT2D eigenvalue weighted by Crippen LogP contribution is -2.57. The van der Waals surface area contributed by atoms with Crippen LogP contribution in [-0.4, -0.2) is 46.2 Å². The van der Waals surface area contributed by atoms with Gasteiger partial charge in [-0.3, -0.25) is 4.84 Å². The lowest BCUT2D eigenvalue weighted by molar-refractivity contribution is -0.489. The van der Waals surface area contributed by atoms with E-state index in [0.717, 1.165) is 0 Å². The van der Waals surface area contributed by atoms with Gasteiger partial charge in [-0.2, -0.15) is 52.7 Å². The summed E-state index contributed by atoms with van der Waals surface area (Å²) in [6.45, 7) is 0. The molecule has 0 saturated carbocycles. The molecule has 0 bridgehead atoms. The molecule has 0 fully saturated rings. The minimum absolute atomic E-state index is 2.54. The molecule has 0 unspecified atom stereocenters. The molecule has 140 valence electrons. The largest absolute Gasteiger partial charge is 0.490 e. The summed E-state index contributed by atoms with van der Waals surface area (Å²) in [6.07, 6.45) is -25.4. The highest BCUT2D eigenvalue weighted by Gasteiger charge is 2.61. The molecular weight excluding hydrogens is 415 g/mol. The van der Waals surface area contributed by atoms with Crippen molar-refractivity contribution in [2.45, 2.75) is 36.3 Å². The second-order valence-electron chi connectivity index (χ2n) is 3.36. The van der Waals surface area contributed by atoms with E-state index in [-0.39, 0.29) is 0 Å². The van der Waals surface area contributed by atoms with Crippen LogP contribution in [0.4, 0.5) is 52.7 Å². The Morgan fingerprint density at radius 1 is 0.609 bits per heavy atom. The third-order valence-electron chi connectivity index (χ3n) is 1.68. The van der Waals surface area contributed by atoms with Crippen molar-refractivity contribution in [1.82, 2.24) is 9.96 Å². The smallest absolute Gasteiger partial charge is 0.261 e. The van der Waals surface area contributed by atoms with Crippen molar-refractivity contribution in [3.05, 3.63) is 0 Å². The number of nitrogens with zero attached hydrogens (tertiary/aromatic N) is 2. The van der Waals surface area contributed by atoms with Crippen LogP contribution in [0, 0.1) is 0 Å². The van der Waals surface area contributed by atoms with E-state index in [1.54, 1.807) is 0 Å². The standard InChI is InChI=1S/C6H2Cl2F12N2O/c7-1(21(3(9,10)11)4(12,13)14)2(8)23-22(5(15,16)17)6(18,19)20/h1-2H/t1-,2+/m0/s1. The number of halogens is 14. The minimum Gasteiger partial charge on any atom is -0.261 e. The fourth-order valence-electron chi connectivity index (χ4n) is 0.955. The van der Waals surface area contributed by atoms with Gasteiger partial charge in [-0.15, -0.1) is 16.5 Å². The summed E-state index contributed by atoms with van der Waals surface area (Å²) >= 11 is 9.19. The van der Waals surface area contributed by atoms with Crippen molar-refractivity contribution in [1.29, 1.82) is 0 Å². The van der Waals surface area contributed by atoms with Gasteiger partial charge in [0.2, 0.25) is 0 Å². The van der Waals surface area contributed by atoms with Crippen LogP contribution in [-0.2, 0) is 4.84 Å². The SMILES string of the molecule is FC(F)(F)N(O[C@@H](Cl)[C@@H](Cl)N(C(F)(F)F)C(F)(F)F)C(F)(F)F. The van der Waals surface area contributed by atoms with Crippen molar-refractivity contribution in [3.8, 4) is 0 Å². The molecule has 0 heterocycles. The van der Waals surface area contributed by atoms with E-state index < -0.39 is 46.2 Å². The molecule has 0 spiro atoms. The molecule has 0 amide bonds.